The summed E-state index contributed by atoms with van der Waals surface area (Å²) in [5.74, 6) is 4.39. The lowest BCUT2D eigenvalue weighted by molar-refractivity contribution is 0.120. The van der Waals surface area contributed by atoms with Crippen molar-refractivity contribution in [3.63, 3.8) is 0 Å². The molecule has 4 fully saturated rings. The molecule has 0 bridgehead atoms. The third kappa shape index (κ3) is 1.47. The Bertz CT molecular complexity index is 298. The summed E-state index contributed by atoms with van der Waals surface area (Å²) in [7, 11) is 2.46. The van der Waals surface area contributed by atoms with E-state index in [2.05, 4.69) is 11.9 Å². The molecular formula is C16H27N. The summed E-state index contributed by atoms with van der Waals surface area (Å²) in [6, 6.07) is 1.97. The first-order valence-corrected chi connectivity index (χ1v) is 8.08. The Morgan fingerprint density at radius 3 is 2.35 bits per heavy atom. The van der Waals surface area contributed by atoms with E-state index < -0.39 is 0 Å². The van der Waals surface area contributed by atoms with E-state index in [0.29, 0.717) is 0 Å². The molecule has 6 unspecified atom stereocenters. The summed E-state index contributed by atoms with van der Waals surface area (Å²) >= 11 is 0. The van der Waals surface area contributed by atoms with E-state index in [-0.39, 0.29) is 0 Å². The van der Waals surface area contributed by atoms with Crippen molar-refractivity contribution >= 4 is 0 Å². The van der Waals surface area contributed by atoms with Crippen LogP contribution in [-0.2, 0) is 0 Å². The summed E-state index contributed by atoms with van der Waals surface area (Å²) in [4.78, 5) is 2.85. The predicted octanol–water partition coefficient (Wildman–Crippen LogP) is 3.69. The van der Waals surface area contributed by atoms with Crippen LogP contribution in [0.1, 0.15) is 57.8 Å². The highest BCUT2D eigenvalue weighted by Gasteiger charge is 2.56. The lowest BCUT2D eigenvalue weighted by atomic mass is 9.78. The van der Waals surface area contributed by atoms with Crippen LogP contribution in [0.3, 0.4) is 0 Å². The van der Waals surface area contributed by atoms with Gasteiger partial charge in [0.15, 0.2) is 0 Å². The van der Waals surface area contributed by atoms with Crippen molar-refractivity contribution in [2.45, 2.75) is 69.9 Å². The van der Waals surface area contributed by atoms with E-state index in [0.717, 1.165) is 35.8 Å². The van der Waals surface area contributed by atoms with Crippen LogP contribution in [-0.4, -0.2) is 24.0 Å². The van der Waals surface area contributed by atoms with Crippen molar-refractivity contribution in [2.24, 2.45) is 23.7 Å². The molecule has 1 aliphatic heterocycles. The van der Waals surface area contributed by atoms with Gasteiger partial charge in [0, 0.05) is 12.1 Å². The number of rotatable bonds is 0. The number of likely N-dealkylation sites (tertiary alicyclic amines) is 1. The molecule has 0 aromatic heterocycles. The van der Waals surface area contributed by atoms with Crippen molar-refractivity contribution < 1.29 is 0 Å². The minimum atomic E-state index is 0.974. The van der Waals surface area contributed by atoms with Crippen molar-refractivity contribution in [3.8, 4) is 0 Å². The number of fused-ring (bicyclic) bond motifs is 5. The van der Waals surface area contributed by atoms with Crippen LogP contribution in [0.4, 0.5) is 0 Å². The van der Waals surface area contributed by atoms with Gasteiger partial charge < -0.3 is 0 Å². The van der Waals surface area contributed by atoms with Gasteiger partial charge in [0.25, 0.3) is 0 Å². The summed E-state index contributed by atoms with van der Waals surface area (Å²) in [5, 5.41) is 0. The van der Waals surface area contributed by atoms with E-state index >= 15 is 0 Å². The highest BCUT2D eigenvalue weighted by atomic mass is 15.2. The van der Waals surface area contributed by atoms with Crippen LogP contribution in [0.5, 0.6) is 0 Å². The smallest absolute Gasteiger partial charge is 0.0158 e. The molecule has 0 aromatic rings. The second-order valence-electron chi connectivity index (χ2n) is 7.28. The van der Waals surface area contributed by atoms with Crippen LogP contribution < -0.4 is 0 Å². The second kappa shape index (κ2) is 3.98. The Kier molecular flexibility index (Phi) is 2.54. The minimum absolute atomic E-state index is 0.974. The molecule has 0 aromatic carbocycles. The lowest BCUT2D eigenvalue weighted by Gasteiger charge is -2.37. The molecule has 4 rings (SSSR count). The third-order valence-corrected chi connectivity index (χ3v) is 6.75. The molecule has 0 spiro atoms. The van der Waals surface area contributed by atoms with Crippen LogP contribution in [0.2, 0.25) is 0 Å². The van der Waals surface area contributed by atoms with Gasteiger partial charge in [-0.1, -0.05) is 32.1 Å². The molecule has 17 heavy (non-hydrogen) atoms. The maximum absolute atomic E-state index is 2.85. The zero-order valence-electron chi connectivity index (χ0n) is 11.3. The average molecular weight is 233 g/mol. The normalized spacial score (nSPS) is 54.2. The topological polar surface area (TPSA) is 3.24 Å². The van der Waals surface area contributed by atoms with E-state index in [1.807, 2.05) is 0 Å². The molecule has 0 amide bonds. The maximum atomic E-state index is 2.85. The first-order chi connectivity index (χ1) is 8.36. The first-order valence-electron chi connectivity index (χ1n) is 8.08. The zero-order valence-corrected chi connectivity index (χ0v) is 11.3. The summed E-state index contributed by atoms with van der Waals surface area (Å²) < 4.78 is 0. The fourth-order valence-electron chi connectivity index (χ4n) is 6.18. The fraction of sp³-hybridized carbons (Fsp3) is 1.00. The van der Waals surface area contributed by atoms with Gasteiger partial charge in [0.2, 0.25) is 0 Å². The van der Waals surface area contributed by atoms with Gasteiger partial charge in [0.05, 0.1) is 0 Å². The molecule has 4 aliphatic rings. The monoisotopic (exact) mass is 233 g/mol. The molecule has 3 aliphatic carbocycles. The van der Waals surface area contributed by atoms with Gasteiger partial charge in [-0.05, 0) is 56.4 Å². The Balaban J connectivity index is 1.62. The largest absolute Gasteiger partial charge is 0.300 e. The van der Waals surface area contributed by atoms with Crippen LogP contribution >= 0.6 is 0 Å². The Labute approximate surface area is 106 Å². The van der Waals surface area contributed by atoms with Gasteiger partial charge in [-0.25, -0.2) is 0 Å². The molecular weight excluding hydrogens is 206 g/mol. The number of hydrogen-bond donors (Lipinski definition) is 0. The quantitative estimate of drug-likeness (QED) is 0.617. The lowest BCUT2D eigenvalue weighted by Crippen LogP contribution is -2.40. The predicted molar refractivity (Wildman–Crippen MR) is 70.9 cm³/mol. The van der Waals surface area contributed by atoms with Crippen LogP contribution in [0.15, 0.2) is 0 Å². The number of nitrogens with zero attached hydrogens (tertiary/aromatic N) is 1. The van der Waals surface area contributed by atoms with Gasteiger partial charge >= 0.3 is 0 Å². The molecule has 0 N–H and O–H groups in total. The van der Waals surface area contributed by atoms with Gasteiger partial charge in [0.1, 0.15) is 0 Å². The van der Waals surface area contributed by atoms with Gasteiger partial charge in [-0.2, -0.15) is 0 Å². The molecule has 0 radical (unpaired) electrons. The average Bonchev–Trinajstić information content (AvgIpc) is 2.88. The van der Waals surface area contributed by atoms with E-state index in [1.165, 1.54) is 32.1 Å². The van der Waals surface area contributed by atoms with Gasteiger partial charge in [-0.3, -0.25) is 4.90 Å². The molecule has 6 atom stereocenters. The molecule has 1 heterocycles. The summed E-state index contributed by atoms with van der Waals surface area (Å²) in [6.07, 6.45) is 13.8. The highest BCUT2D eigenvalue weighted by molar-refractivity contribution is 5.08. The molecule has 96 valence electrons. The molecule has 1 saturated heterocycles. The SMILES string of the molecule is CN1C2CCCCC2C2CC3CCCCC3C21. The fourth-order valence-corrected chi connectivity index (χ4v) is 6.18. The Morgan fingerprint density at radius 2 is 1.47 bits per heavy atom. The van der Waals surface area contributed by atoms with Crippen molar-refractivity contribution in [2.75, 3.05) is 7.05 Å². The molecule has 1 nitrogen and oxygen atoms in total. The highest BCUT2D eigenvalue weighted by Crippen LogP contribution is 2.56. The van der Waals surface area contributed by atoms with Crippen molar-refractivity contribution in [3.05, 3.63) is 0 Å². The van der Waals surface area contributed by atoms with Gasteiger partial charge in [-0.15, -0.1) is 0 Å². The van der Waals surface area contributed by atoms with E-state index in [9.17, 15) is 0 Å². The molecule has 3 saturated carbocycles. The van der Waals surface area contributed by atoms with E-state index in [4.69, 9.17) is 0 Å². The van der Waals surface area contributed by atoms with Crippen LogP contribution in [0, 0.1) is 23.7 Å². The summed E-state index contributed by atoms with van der Waals surface area (Å²) in [6.45, 7) is 0. The minimum Gasteiger partial charge on any atom is -0.300 e. The van der Waals surface area contributed by atoms with Crippen molar-refractivity contribution in [1.82, 2.24) is 4.90 Å². The standard InChI is InChI=1S/C16H27N/c1-17-15-9-5-4-8-13(15)14-10-11-6-2-3-7-12(11)16(14)17/h11-16H,2-10H2,1H3. The third-order valence-electron chi connectivity index (χ3n) is 6.75. The summed E-state index contributed by atoms with van der Waals surface area (Å²) in [5.41, 5.74) is 0. The first kappa shape index (κ1) is 10.8. The van der Waals surface area contributed by atoms with Crippen LogP contribution in [0.25, 0.3) is 0 Å². The second-order valence-corrected chi connectivity index (χ2v) is 7.28. The maximum Gasteiger partial charge on any atom is 0.0158 e. The Hall–Kier alpha value is -0.0400. The van der Waals surface area contributed by atoms with Crippen molar-refractivity contribution in [1.29, 1.82) is 0 Å². The molecule has 1 heteroatoms. The Morgan fingerprint density at radius 1 is 0.765 bits per heavy atom. The van der Waals surface area contributed by atoms with E-state index in [1.54, 1.807) is 25.7 Å². The number of hydrogen-bond acceptors (Lipinski definition) is 1. The zero-order chi connectivity index (χ0) is 11.4.